The van der Waals surface area contributed by atoms with Crippen LogP contribution in [-0.2, 0) is 24.1 Å². The summed E-state index contributed by atoms with van der Waals surface area (Å²) in [6.45, 7) is 9.39. The number of unbranched alkanes of at least 4 members (excludes halogenated alkanes) is 1. The van der Waals surface area contributed by atoms with Crippen LogP contribution in [0.1, 0.15) is 81.2 Å². The predicted molar refractivity (Wildman–Crippen MR) is 119 cm³/mol. The van der Waals surface area contributed by atoms with Gasteiger partial charge >= 0.3 is 5.97 Å². The standard InChI is InChI=1S/C24H31N3O3/c1-5-8-12-26-19-13-17-22-16(21(19)25-20(26)9-6-2)11-10-15(4)27(22)14-18(23(17)28)24(29)30-7-3/h13-15H,5-12H2,1-4H3. The summed E-state index contributed by atoms with van der Waals surface area (Å²) in [6.07, 6.45) is 7.66. The van der Waals surface area contributed by atoms with E-state index in [1.807, 2.05) is 6.07 Å². The van der Waals surface area contributed by atoms with Crippen molar-refractivity contribution in [1.82, 2.24) is 14.1 Å². The molecule has 0 fully saturated rings. The molecule has 2 aromatic heterocycles. The number of pyridine rings is 1. The maximum Gasteiger partial charge on any atom is 0.343 e. The van der Waals surface area contributed by atoms with Crippen molar-refractivity contribution in [2.75, 3.05) is 6.61 Å². The van der Waals surface area contributed by atoms with Crippen molar-refractivity contribution in [1.29, 1.82) is 0 Å². The van der Waals surface area contributed by atoms with Crippen LogP contribution in [0, 0.1) is 0 Å². The molecular weight excluding hydrogens is 378 g/mol. The number of ether oxygens (including phenoxy) is 1. The number of fused-ring (bicyclic) bond motifs is 2. The Kier molecular flexibility index (Phi) is 5.67. The maximum absolute atomic E-state index is 13.4. The van der Waals surface area contributed by atoms with Crippen LogP contribution >= 0.6 is 0 Å². The molecule has 1 aliphatic heterocycles. The number of benzene rings is 1. The van der Waals surface area contributed by atoms with Crippen LogP contribution in [0.2, 0.25) is 0 Å². The van der Waals surface area contributed by atoms with Crippen molar-refractivity contribution in [2.24, 2.45) is 0 Å². The zero-order valence-corrected chi connectivity index (χ0v) is 18.5. The van der Waals surface area contributed by atoms with Gasteiger partial charge in [-0.1, -0.05) is 20.3 Å². The van der Waals surface area contributed by atoms with Crippen molar-refractivity contribution in [2.45, 2.75) is 78.8 Å². The second-order valence-corrected chi connectivity index (χ2v) is 8.29. The van der Waals surface area contributed by atoms with E-state index in [1.165, 1.54) is 0 Å². The Morgan fingerprint density at radius 2 is 2.07 bits per heavy atom. The number of rotatable bonds is 7. The molecule has 0 bridgehead atoms. The van der Waals surface area contributed by atoms with Gasteiger partial charge in [-0.25, -0.2) is 9.78 Å². The Hall–Kier alpha value is -2.63. The summed E-state index contributed by atoms with van der Waals surface area (Å²) < 4.78 is 9.55. The molecule has 3 aromatic rings. The molecule has 160 valence electrons. The zero-order chi connectivity index (χ0) is 21.4. The minimum Gasteiger partial charge on any atom is -0.462 e. The van der Waals surface area contributed by atoms with Gasteiger partial charge in [0.2, 0.25) is 5.43 Å². The molecule has 0 amide bonds. The van der Waals surface area contributed by atoms with Gasteiger partial charge < -0.3 is 13.9 Å². The summed E-state index contributed by atoms with van der Waals surface area (Å²) in [7, 11) is 0. The molecule has 1 atom stereocenters. The Labute approximate surface area is 176 Å². The first-order chi connectivity index (χ1) is 14.5. The van der Waals surface area contributed by atoms with Gasteiger partial charge in [-0.3, -0.25) is 4.79 Å². The first kappa shape index (κ1) is 20.6. The van der Waals surface area contributed by atoms with Crippen LogP contribution in [0.5, 0.6) is 0 Å². The number of esters is 1. The average molecular weight is 410 g/mol. The Balaban J connectivity index is 2.08. The van der Waals surface area contributed by atoms with E-state index in [-0.39, 0.29) is 23.6 Å². The summed E-state index contributed by atoms with van der Waals surface area (Å²) in [5.74, 6) is 0.550. The SMILES string of the molecule is CCCCn1c(CCC)nc2c3c4c(cc21)c(=O)c(C(=O)OCC)cn4C(C)CC3. The molecule has 0 saturated carbocycles. The fourth-order valence-corrected chi connectivity index (χ4v) is 4.65. The average Bonchev–Trinajstić information content (AvgIpc) is 3.07. The number of aryl methyl sites for hydroxylation is 3. The van der Waals surface area contributed by atoms with Gasteiger partial charge in [0, 0.05) is 36.2 Å². The summed E-state index contributed by atoms with van der Waals surface area (Å²) in [5.41, 5.74) is 4.00. The summed E-state index contributed by atoms with van der Waals surface area (Å²) in [4.78, 5) is 30.9. The second kappa shape index (κ2) is 8.25. The van der Waals surface area contributed by atoms with Gasteiger partial charge in [-0.2, -0.15) is 0 Å². The zero-order valence-electron chi connectivity index (χ0n) is 18.5. The third kappa shape index (κ3) is 3.22. The molecule has 1 unspecified atom stereocenters. The number of hydrogen-bond acceptors (Lipinski definition) is 4. The van der Waals surface area contributed by atoms with E-state index < -0.39 is 5.97 Å². The number of nitrogens with zero attached hydrogens (tertiary/aromatic N) is 3. The summed E-state index contributed by atoms with van der Waals surface area (Å²) in [5, 5.41) is 0.607. The van der Waals surface area contributed by atoms with E-state index in [0.29, 0.717) is 5.39 Å². The number of aromatic nitrogens is 3. The van der Waals surface area contributed by atoms with E-state index in [9.17, 15) is 9.59 Å². The Bertz CT molecular complexity index is 1170. The number of carbonyl (C=O) groups is 1. The second-order valence-electron chi connectivity index (χ2n) is 8.29. The highest BCUT2D eigenvalue weighted by Gasteiger charge is 2.27. The molecule has 0 saturated heterocycles. The largest absolute Gasteiger partial charge is 0.462 e. The van der Waals surface area contributed by atoms with Gasteiger partial charge in [0.25, 0.3) is 0 Å². The molecule has 3 heterocycles. The maximum atomic E-state index is 13.4. The van der Waals surface area contributed by atoms with Gasteiger partial charge in [0.1, 0.15) is 11.4 Å². The molecule has 1 aliphatic rings. The van der Waals surface area contributed by atoms with Crippen LogP contribution < -0.4 is 5.43 Å². The van der Waals surface area contributed by atoms with E-state index in [0.717, 1.165) is 73.0 Å². The van der Waals surface area contributed by atoms with Crippen molar-refractivity contribution >= 4 is 27.9 Å². The van der Waals surface area contributed by atoms with E-state index in [1.54, 1.807) is 13.1 Å². The van der Waals surface area contributed by atoms with E-state index in [2.05, 4.69) is 29.9 Å². The van der Waals surface area contributed by atoms with Crippen molar-refractivity contribution in [3.8, 4) is 0 Å². The van der Waals surface area contributed by atoms with E-state index >= 15 is 0 Å². The summed E-state index contributed by atoms with van der Waals surface area (Å²) >= 11 is 0. The van der Waals surface area contributed by atoms with E-state index in [4.69, 9.17) is 9.72 Å². The lowest BCUT2D eigenvalue weighted by molar-refractivity contribution is 0.0524. The lowest BCUT2D eigenvalue weighted by Crippen LogP contribution is -2.25. The summed E-state index contributed by atoms with van der Waals surface area (Å²) in [6, 6.07) is 2.18. The van der Waals surface area contributed by atoms with Crippen LogP contribution in [0.15, 0.2) is 17.1 Å². The topological polar surface area (TPSA) is 66.1 Å². The predicted octanol–water partition coefficient (Wildman–Crippen LogP) is 4.79. The van der Waals surface area contributed by atoms with Crippen molar-refractivity contribution in [3.05, 3.63) is 39.4 Å². The molecule has 0 radical (unpaired) electrons. The van der Waals surface area contributed by atoms with Crippen molar-refractivity contribution < 1.29 is 9.53 Å². The van der Waals surface area contributed by atoms with Crippen LogP contribution in [0.3, 0.4) is 0 Å². The van der Waals surface area contributed by atoms with Crippen molar-refractivity contribution in [3.63, 3.8) is 0 Å². The third-order valence-electron chi connectivity index (χ3n) is 6.20. The Morgan fingerprint density at radius 3 is 2.77 bits per heavy atom. The highest BCUT2D eigenvalue weighted by molar-refractivity contribution is 6.01. The molecule has 4 rings (SSSR count). The molecule has 30 heavy (non-hydrogen) atoms. The molecule has 6 heteroatoms. The molecule has 0 N–H and O–H groups in total. The quantitative estimate of drug-likeness (QED) is 0.526. The lowest BCUT2D eigenvalue weighted by atomic mass is 9.94. The number of imidazole rings is 1. The number of carbonyl (C=O) groups excluding carboxylic acids is 1. The highest BCUT2D eigenvalue weighted by Crippen LogP contribution is 2.35. The van der Waals surface area contributed by atoms with Crippen LogP contribution in [0.25, 0.3) is 21.9 Å². The van der Waals surface area contributed by atoms with Crippen LogP contribution in [-0.4, -0.2) is 26.7 Å². The fraction of sp³-hybridized carbons (Fsp3) is 0.542. The van der Waals surface area contributed by atoms with Gasteiger partial charge in [-0.15, -0.1) is 0 Å². The fourth-order valence-electron chi connectivity index (χ4n) is 4.65. The van der Waals surface area contributed by atoms with Gasteiger partial charge in [0.05, 0.1) is 23.2 Å². The Morgan fingerprint density at radius 1 is 1.27 bits per heavy atom. The molecule has 0 aliphatic carbocycles. The monoisotopic (exact) mass is 409 g/mol. The molecule has 1 aromatic carbocycles. The van der Waals surface area contributed by atoms with Gasteiger partial charge in [-0.05, 0) is 45.6 Å². The first-order valence-corrected chi connectivity index (χ1v) is 11.3. The molecule has 0 spiro atoms. The smallest absolute Gasteiger partial charge is 0.343 e. The lowest BCUT2D eigenvalue weighted by Gasteiger charge is -2.27. The number of hydrogen-bond donors (Lipinski definition) is 0. The minimum absolute atomic E-state index is 0.122. The molecular formula is C24H31N3O3. The van der Waals surface area contributed by atoms with Crippen LogP contribution in [0.4, 0.5) is 0 Å². The normalized spacial score (nSPS) is 15.8. The highest BCUT2D eigenvalue weighted by atomic mass is 16.5. The molecule has 6 nitrogen and oxygen atoms in total. The first-order valence-electron chi connectivity index (χ1n) is 11.3. The third-order valence-corrected chi connectivity index (χ3v) is 6.20. The minimum atomic E-state index is -0.543. The van der Waals surface area contributed by atoms with Gasteiger partial charge in [0.15, 0.2) is 0 Å².